The van der Waals surface area contributed by atoms with E-state index in [-0.39, 0.29) is 38.4 Å². The minimum Gasteiger partial charge on any atom is -0.348 e. The van der Waals surface area contributed by atoms with Crippen molar-refractivity contribution in [2.45, 2.75) is 38.6 Å². The third-order valence-corrected chi connectivity index (χ3v) is 8.00. The molecule has 0 fully saturated rings. The maximum Gasteiger partial charge on any atom is 0.253 e. The van der Waals surface area contributed by atoms with Gasteiger partial charge < -0.3 is 5.32 Å². The second kappa shape index (κ2) is 11.3. The van der Waals surface area contributed by atoms with Crippen molar-refractivity contribution in [2.75, 3.05) is 5.75 Å². The lowest BCUT2D eigenvalue weighted by atomic mass is 9.96. The molecule has 0 spiro atoms. The van der Waals surface area contributed by atoms with Gasteiger partial charge >= 0.3 is 0 Å². The van der Waals surface area contributed by atoms with Crippen LogP contribution in [0.2, 0.25) is 10.0 Å². The molecule has 0 atom stereocenters. The smallest absolute Gasteiger partial charge is 0.253 e. The Balaban J connectivity index is 1.84. The van der Waals surface area contributed by atoms with Crippen molar-refractivity contribution >= 4 is 38.9 Å². The Kier molecular flexibility index (Phi) is 8.60. The van der Waals surface area contributed by atoms with E-state index in [0.29, 0.717) is 17.0 Å². The summed E-state index contributed by atoms with van der Waals surface area (Å²) in [6.07, 6.45) is 0.946. The molecule has 0 aromatic heterocycles. The van der Waals surface area contributed by atoms with Gasteiger partial charge in [0, 0.05) is 12.1 Å². The number of hydrogen-bond donors (Lipinski definition) is 1. The third kappa shape index (κ3) is 6.24. The molecular formula is C27H26Cl2N2O3S. The molecule has 0 heterocycles. The van der Waals surface area contributed by atoms with Gasteiger partial charge in [-0.2, -0.15) is 5.26 Å². The zero-order valence-corrected chi connectivity index (χ0v) is 22.1. The molecule has 3 aromatic carbocycles. The number of amides is 1. The van der Waals surface area contributed by atoms with Gasteiger partial charge in [-0.15, -0.1) is 0 Å². The average Bonchev–Trinajstić information content (AvgIpc) is 2.83. The molecule has 0 unspecified atom stereocenters. The lowest BCUT2D eigenvalue weighted by molar-refractivity contribution is 0.0950. The van der Waals surface area contributed by atoms with E-state index in [1.54, 1.807) is 19.1 Å². The van der Waals surface area contributed by atoms with E-state index in [0.717, 1.165) is 12.0 Å². The van der Waals surface area contributed by atoms with Crippen molar-refractivity contribution < 1.29 is 13.2 Å². The number of nitrogens with zero attached hydrogens (tertiary/aromatic N) is 1. The number of halogens is 2. The summed E-state index contributed by atoms with van der Waals surface area (Å²) in [5, 5.41) is 12.9. The van der Waals surface area contributed by atoms with E-state index in [9.17, 15) is 18.5 Å². The van der Waals surface area contributed by atoms with Crippen LogP contribution >= 0.6 is 23.2 Å². The Bertz CT molecular complexity index is 1380. The van der Waals surface area contributed by atoms with Crippen LogP contribution in [0, 0.1) is 17.2 Å². The normalized spacial score (nSPS) is 11.3. The fraction of sp³-hybridized carbons (Fsp3) is 0.259. The fourth-order valence-corrected chi connectivity index (χ4v) is 5.31. The van der Waals surface area contributed by atoms with Crippen molar-refractivity contribution in [3.8, 4) is 17.2 Å². The molecule has 0 saturated heterocycles. The van der Waals surface area contributed by atoms with E-state index in [4.69, 9.17) is 23.2 Å². The molecule has 182 valence electrons. The van der Waals surface area contributed by atoms with Crippen molar-refractivity contribution in [3.05, 3.63) is 86.9 Å². The number of nitrogens with one attached hydrogen (secondary N) is 1. The maximum atomic E-state index is 12.9. The molecule has 1 N–H and O–H groups in total. The van der Waals surface area contributed by atoms with E-state index in [2.05, 4.69) is 19.2 Å². The number of sulfone groups is 1. The second-order valence-electron chi connectivity index (χ2n) is 8.61. The van der Waals surface area contributed by atoms with Crippen molar-refractivity contribution in [1.82, 2.24) is 5.32 Å². The van der Waals surface area contributed by atoms with Crippen LogP contribution in [-0.2, 0) is 22.8 Å². The highest BCUT2D eigenvalue weighted by Gasteiger charge is 2.21. The van der Waals surface area contributed by atoms with Crippen LogP contribution in [-0.4, -0.2) is 20.1 Å². The zero-order valence-electron chi connectivity index (χ0n) is 19.7. The molecule has 0 aliphatic heterocycles. The largest absolute Gasteiger partial charge is 0.348 e. The van der Waals surface area contributed by atoms with Gasteiger partial charge in [0.15, 0.2) is 9.84 Å². The van der Waals surface area contributed by atoms with E-state index in [1.165, 1.54) is 23.8 Å². The van der Waals surface area contributed by atoms with Crippen LogP contribution in [0.4, 0.5) is 0 Å². The Labute approximate surface area is 216 Å². The van der Waals surface area contributed by atoms with E-state index < -0.39 is 15.7 Å². The van der Waals surface area contributed by atoms with Gasteiger partial charge in [-0.25, -0.2) is 8.42 Å². The molecule has 0 aliphatic carbocycles. The van der Waals surface area contributed by atoms with Crippen LogP contribution in [0.15, 0.2) is 59.5 Å². The van der Waals surface area contributed by atoms with Crippen LogP contribution in [0.5, 0.6) is 0 Å². The highest BCUT2D eigenvalue weighted by Crippen LogP contribution is 2.39. The van der Waals surface area contributed by atoms with Gasteiger partial charge in [-0.05, 0) is 47.2 Å². The van der Waals surface area contributed by atoms with Gasteiger partial charge in [-0.1, -0.05) is 80.4 Å². The van der Waals surface area contributed by atoms with Crippen LogP contribution < -0.4 is 5.32 Å². The monoisotopic (exact) mass is 528 g/mol. The Hall–Kier alpha value is -2.85. The first kappa shape index (κ1) is 26.7. The highest BCUT2D eigenvalue weighted by atomic mass is 35.5. The van der Waals surface area contributed by atoms with Gasteiger partial charge in [-0.3, -0.25) is 4.79 Å². The molecular weight excluding hydrogens is 503 g/mol. The number of carbonyl (C=O) groups excluding carboxylic acids is 1. The predicted molar refractivity (Wildman–Crippen MR) is 140 cm³/mol. The topological polar surface area (TPSA) is 87.0 Å². The summed E-state index contributed by atoms with van der Waals surface area (Å²) in [6, 6.07) is 17.6. The molecule has 0 aliphatic rings. The molecule has 35 heavy (non-hydrogen) atoms. The highest BCUT2D eigenvalue weighted by molar-refractivity contribution is 7.91. The third-order valence-electron chi connectivity index (χ3n) is 5.58. The van der Waals surface area contributed by atoms with Gasteiger partial charge in [0.05, 0.1) is 31.8 Å². The maximum absolute atomic E-state index is 12.9. The Morgan fingerprint density at radius 3 is 2.17 bits per heavy atom. The molecule has 0 saturated carbocycles. The summed E-state index contributed by atoms with van der Waals surface area (Å²) in [6.45, 7) is 6.03. The molecule has 0 radical (unpaired) electrons. The summed E-state index contributed by atoms with van der Waals surface area (Å²) in [4.78, 5) is 13.1. The van der Waals surface area contributed by atoms with Gasteiger partial charge in [0.1, 0.15) is 6.07 Å². The lowest BCUT2D eigenvalue weighted by Crippen LogP contribution is -2.24. The lowest BCUT2D eigenvalue weighted by Gasteiger charge is -2.14. The molecule has 8 heteroatoms. The summed E-state index contributed by atoms with van der Waals surface area (Å²) >= 11 is 13.1. The summed E-state index contributed by atoms with van der Waals surface area (Å²) in [5.41, 5.74) is 3.28. The second-order valence-corrected chi connectivity index (χ2v) is 11.7. The number of nitriles is 1. The predicted octanol–water partition coefficient (Wildman–Crippen LogP) is 6.45. The zero-order chi connectivity index (χ0) is 25.8. The van der Waals surface area contributed by atoms with Gasteiger partial charge in [0.2, 0.25) is 0 Å². The first-order valence-electron chi connectivity index (χ1n) is 11.2. The molecule has 3 rings (SSSR count). The number of benzene rings is 3. The Morgan fingerprint density at radius 2 is 1.63 bits per heavy atom. The standard InChI is InChI=1S/C27H26Cl2N2O3S/c1-4-35(33,34)21-11-7-19(8-12-21)16-31-27(32)22-14-24(28)25(26(29)23(22)15-30)20-9-5-18(6-10-20)13-17(2)3/h5-12,14,17H,4,13,16H2,1-3H3,(H,31,32). The minimum absolute atomic E-state index is 0.0135. The van der Waals surface area contributed by atoms with Crippen LogP contribution in [0.1, 0.15) is 47.8 Å². The van der Waals surface area contributed by atoms with E-state index in [1.807, 2.05) is 30.3 Å². The SMILES string of the molecule is CCS(=O)(=O)c1ccc(CNC(=O)c2cc(Cl)c(-c3ccc(CC(C)C)cc3)c(Cl)c2C#N)cc1. The van der Waals surface area contributed by atoms with Crippen LogP contribution in [0.25, 0.3) is 11.1 Å². The van der Waals surface area contributed by atoms with Crippen molar-refractivity contribution in [2.24, 2.45) is 5.92 Å². The number of hydrogen-bond acceptors (Lipinski definition) is 4. The summed E-state index contributed by atoms with van der Waals surface area (Å²) in [7, 11) is -3.30. The van der Waals surface area contributed by atoms with Crippen LogP contribution in [0.3, 0.4) is 0 Å². The molecule has 3 aromatic rings. The van der Waals surface area contributed by atoms with Gasteiger partial charge in [0.25, 0.3) is 5.91 Å². The molecule has 0 bridgehead atoms. The number of carbonyl (C=O) groups is 1. The molecule has 5 nitrogen and oxygen atoms in total. The quantitative estimate of drug-likeness (QED) is 0.363. The number of rotatable bonds is 8. The minimum atomic E-state index is -3.30. The fourth-order valence-electron chi connectivity index (χ4n) is 3.71. The first-order valence-corrected chi connectivity index (χ1v) is 13.6. The Morgan fingerprint density at radius 1 is 1.03 bits per heavy atom. The summed E-state index contributed by atoms with van der Waals surface area (Å²) < 4.78 is 23.9. The van der Waals surface area contributed by atoms with E-state index >= 15 is 0 Å². The van der Waals surface area contributed by atoms with Crippen molar-refractivity contribution in [1.29, 1.82) is 5.26 Å². The average molecular weight is 529 g/mol. The first-order chi connectivity index (χ1) is 16.6. The van der Waals surface area contributed by atoms with Crippen molar-refractivity contribution in [3.63, 3.8) is 0 Å². The molecule has 1 amide bonds. The summed E-state index contributed by atoms with van der Waals surface area (Å²) in [5.74, 6) is 0.0346.